The second-order valence-electron chi connectivity index (χ2n) is 9.48. The van der Waals surface area contributed by atoms with Crippen LogP contribution in [0.2, 0.25) is 0 Å². The van der Waals surface area contributed by atoms with Crippen molar-refractivity contribution < 1.29 is 24.0 Å². The molecule has 1 aliphatic carbocycles. The van der Waals surface area contributed by atoms with E-state index in [2.05, 4.69) is 52.1 Å². The third-order valence-corrected chi connectivity index (χ3v) is 6.83. The van der Waals surface area contributed by atoms with E-state index in [1.54, 1.807) is 24.3 Å². The van der Waals surface area contributed by atoms with E-state index in [1.165, 1.54) is 5.06 Å². The van der Waals surface area contributed by atoms with Gasteiger partial charge in [0.2, 0.25) is 0 Å². The predicted octanol–water partition coefficient (Wildman–Crippen LogP) is 2.16. The average Bonchev–Trinajstić information content (AvgIpc) is 3.52. The number of hydrogen-bond donors (Lipinski definition) is 3. The monoisotopic (exact) mass is 524 g/mol. The summed E-state index contributed by atoms with van der Waals surface area (Å²) in [6, 6.07) is 21.2. The third-order valence-electron chi connectivity index (χ3n) is 6.83. The van der Waals surface area contributed by atoms with Gasteiger partial charge in [0.15, 0.2) is 0 Å². The highest BCUT2D eigenvalue weighted by Crippen LogP contribution is 2.48. The molecule has 0 atom stereocenters. The Morgan fingerprint density at radius 1 is 0.897 bits per heavy atom. The minimum atomic E-state index is -0.885. The first-order valence-corrected chi connectivity index (χ1v) is 12.8. The molecule has 5 rings (SSSR count). The summed E-state index contributed by atoms with van der Waals surface area (Å²) in [6.45, 7) is 0.779. The van der Waals surface area contributed by atoms with Gasteiger partial charge < -0.3 is 16.0 Å². The molecule has 0 radical (unpaired) electrons. The van der Waals surface area contributed by atoms with Gasteiger partial charge in [-0.2, -0.15) is 0 Å². The van der Waals surface area contributed by atoms with Crippen LogP contribution >= 0.6 is 0 Å². The van der Waals surface area contributed by atoms with Crippen LogP contribution in [-0.2, 0) is 31.3 Å². The van der Waals surface area contributed by atoms with Crippen molar-refractivity contribution in [3.8, 4) is 11.8 Å². The lowest BCUT2D eigenvalue weighted by Gasteiger charge is -2.21. The van der Waals surface area contributed by atoms with Gasteiger partial charge in [-0.3, -0.25) is 24.0 Å². The zero-order valence-electron chi connectivity index (χ0n) is 21.3. The molecule has 9 nitrogen and oxygen atoms in total. The van der Waals surface area contributed by atoms with Crippen LogP contribution in [0.3, 0.4) is 0 Å². The van der Waals surface area contributed by atoms with Crippen molar-refractivity contribution in [1.82, 2.24) is 21.0 Å². The number of hydrogen-bond acceptors (Lipinski definition) is 5. The van der Waals surface area contributed by atoms with Gasteiger partial charge in [0.05, 0.1) is 25.2 Å². The van der Waals surface area contributed by atoms with Gasteiger partial charge in [-0.25, -0.2) is 5.06 Å². The molecule has 1 saturated carbocycles. The maximum Gasteiger partial charge on any atom is 0.322 e. The summed E-state index contributed by atoms with van der Waals surface area (Å²) in [5, 5.41) is 11.5. The highest BCUT2D eigenvalue weighted by Gasteiger charge is 2.46. The molecule has 0 unspecified atom stereocenters. The molecule has 0 bridgehead atoms. The minimum absolute atomic E-state index is 0.00637. The number of nitrogens with one attached hydrogen (secondary N) is 3. The van der Waals surface area contributed by atoms with Gasteiger partial charge in [-0.05, 0) is 53.1 Å². The number of benzene rings is 3. The van der Waals surface area contributed by atoms with Gasteiger partial charge in [-0.15, -0.1) is 0 Å². The summed E-state index contributed by atoms with van der Waals surface area (Å²) in [7, 11) is 0. The van der Waals surface area contributed by atoms with E-state index in [0.717, 1.165) is 35.6 Å². The number of hydroxylamine groups is 2. The molecule has 0 spiro atoms. The number of carbonyl (C=O) groups excluding carboxylic acids is 4. The third kappa shape index (κ3) is 5.92. The Hall–Kier alpha value is -4.68. The minimum Gasteiger partial charge on any atom is -0.344 e. The van der Waals surface area contributed by atoms with Crippen LogP contribution in [0.4, 0.5) is 0 Å². The fraction of sp³-hybridized carbons (Fsp3) is 0.267. The highest BCUT2D eigenvalue weighted by molar-refractivity contribution is 6.35. The second-order valence-corrected chi connectivity index (χ2v) is 9.48. The predicted molar refractivity (Wildman–Crippen MR) is 144 cm³/mol. The molecular weight excluding hydrogens is 496 g/mol. The molecule has 2 fully saturated rings. The van der Waals surface area contributed by atoms with Crippen molar-refractivity contribution in [3.63, 3.8) is 0 Å². The van der Waals surface area contributed by atoms with Crippen LogP contribution < -0.4 is 16.0 Å². The van der Waals surface area contributed by atoms with Crippen LogP contribution in [0.15, 0.2) is 66.7 Å². The van der Waals surface area contributed by atoms with E-state index < -0.39 is 23.3 Å². The molecule has 1 saturated heterocycles. The van der Waals surface area contributed by atoms with Crippen molar-refractivity contribution in [3.05, 3.63) is 83.4 Å². The van der Waals surface area contributed by atoms with Crippen molar-refractivity contribution in [2.45, 2.75) is 31.3 Å². The fourth-order valence-electron chi connectivity index (χ4n) is 4.66. The number of rotatable bonds is 6. The summed E-state index contributed by atoms with van der Waals surface area (Å²) in [5.41, 5.74) is 1.67. The fourth-order valence-corrected chi connectivity index (χ4v) is 4.66. The first kappa shape index (κ1) is 25.9. The largest absolute Gasteiger partial charge is 0.344 e. The van der Waals surface area contributed by atoms with E-state index in [-0.39, 0.29) is 19.0 Å². The molecular formula is C30H28N4O5. The summed E-state index contributed by atoms with van der Waals surface area (Å²) < 4.78 is 0. The van der Waals surface area contributed by atoms with Gasteiger partial charge in [-0.1, -0.05) is 66.6 Å². The van der Waals surface area contributed by atoms with E-state index in [0.29, 0.717) is 24.3 Å². The molecule has 9 heteroatoms. The van der Waals surface area contributed by atoms with Gasteiger partial charge in [0.1, 0.15) is 0 Å². The molecule has 3 aromatic carbocycles. The molecule has 2 aliphatic rings. The maximum atomic E-state index is 13.4. The Kier molecular flexibility index (Phi) is 7.57. The number of fused-ring (bicyclic) bond motifs is 1. The highest BCUT2D eigenvalue weighted by atomic mass is 16.7. The summed E-state index contributed by atoms with van der Waals surface area (Å²) >= 11 is 0. The SMILES string of the molecule is O=C(NCC#CC(=O)N1CCCO1)C(=O)NCc1ccccc1C(=O)NC1(c2cccc3ccccc23)CC1. The quantitative estimate of drug-likeness (QED) is 0.338. The Bertz CT molecular complexity index is 1490. The molecule has 4 amide bonds. The maximum absolute atomic E-state index is 13.4. The van der Waals surface area contributed by atoms with Gasteiger partial charge >= 0.3 is 17.7 Å². The lowest BCUT2D eigenvalue weighted by Crippen LogP contribution is -2.40. The van der Waals surface area contributed by atoms with Crippen molar-refractivity contribution in [1.29, 1.82) is 0 Å². The van der Waals surface area contributed by atoms with Crippen molar-refractivity contribution >= 4 is 34.4 Å². The Morgan fingerprint density at radius 3 is 2.44 bits per heavy atom. The van der Waals surface area contributed by atoms with Crippen LogP contribution in [0.1, 0.15) is 40.7 Å². The van der Waals surface area contributed by atoms with Crippen molar-refractivity contribution in [2.24, 2.45) is 0 Å². The molecule has 3 aromatic rings. The smallest absolute Gasteiger partial charge is 0.322 e. The van der Waals surface area contributed by atoms with Gasteiger partial charge in [0, 0.05) is 12.1 Å². The molecule has 3 N–H and O–H groups in total. The Balaban J connectivity index is 1.18. The first-order chi connectivity index (χ1) is 19.0. The van der Waals surface area contributed by atoms with Gasteiger partial charge in [0.25, 0.3) is 5.91 Å². The lowest BCUT2D eigenvalue weighted by molar-refractivity contribution is -0.161. The molecule has 39 heavy (non-hydrogen) atoms. The van der Waals surface area contributed by atoms with Crippen LogP contribution in [-0.4, -0.2) is 48.4 Å². The number of carbonyl (C=O) groups is 4. The first-order valence-electron chi connectivity index (χ1n) is 12.8. The average molecular weight is 525 g/mol. The lowest BCUT2D eigenvalue weighted by atomic mass is 9.96. The Morgan fingerprint density at radius 2 is 1.64 bits per heavy atom. The zero-order chi connectivity index (χ0) is 27.2. The van der Waals surface area contributed by atoms with Crippen LogP contribution in [0, 0.1) is 11.8 Å². The van der Waals surface area contributed by atoms with E-state index >= 15 is 0 Å². The topological polar surface area (TPSA) is 117 Å². The van der Waals surface area contributed by atoms with E-state index in [4.69, 9.17) is 4.84 Å². The van der Waals surface area contributed by atoms with E-state index in [9.17, 15) is 19.2 Å². The molecule has 1 heterocycles. The standard InChI is InChI=1S/C30H28N4O5/c35-26(34-18-7-19-39-34)14-6-17-31-28(37)29(38)32-20-22-9-2-4-12-24(22)27(36)33-30(15-16-30)25-13-5-10-21-8-1-3-11-23(21)25/h1-5,8-13H,7,15-20H2,(H,31,37)(H,32,38)(H,33,36). The Labute approximate surface area is 225 Å². The normalized spacial score (nSPS) is 15.1. The number of amides is 4. The molecule has 198 valence electrons. The summed E-state index contributed by atoms with van der Waals surface area (Å²) in [4.78, 5) is 54.7. The van der Waals surface area contributed by atoms with Crippen molar-refractivity contribution in [2.75, 3.05) is 19.7 Å². The van der Waals surface area contributed by atoms with Crippen LogP contribution in [0.5, 0.6) is 0 Å². The summed E-state index contributed by atoms with van der Waals surface area (Å²) in [6.07, 6.45) is 2.43. The number of nitrogens with zero attached hydrogens (tertiary/aromatic N) is 1. The second kappa shape index (κ2) is 11.4. The molecule has 1 aliphatic heterocycles. The zero-order valence-corrected chi connectivity index (χ0v) is 21.3. The summed E-state index contributed by atoms with van der Waals surface area (Å²) in [5.74, 6) is 2.39. The van der Waals surface area contributed by atoms with E-state index in [1.807, 2.05) is 18.2 Å². The molecule has 0 aromatic heterocycles. The van der Waals surface area contributed by atoms with Crippen LogP contribution in [0.25, 0.3) is 10.8 Å².